The number of amides is 1. The number of pyridine rings is 1. The average Bonchev–Trinajstić information content (AvgIpc) is 2.68. The zero-order chi connectivity index (χ0) is 19.7. The van der Waals surface area contributed by atoms with Crippen LogP contribution in [0.2, 0.25) is 0 Å². The molecule has 5 nitrogen and oxygen atoms in total. The maximum atomic E-state index is 14.5. The molecule has 1 aromatic heterocycles. The Kier molecular flexibility index (Phi) is 4.77. The number of anilines is 1. The van der Waals surface area contributed by atoms with Crippen molar-refractivity contribution in [3.05, 3.63) is 71.7 Å². The second-order valence-electron chi connectivity index (χ2n) is 6.86. The highest BCUT2D eigenvalue weighted by Gasteiger charge is 2.32. The highest BCUT2D eigenvalue weighted by Crippen LogP contribution is 2.37. The first kappa shape index (κ1) is 18.4. The number of fused-ring (bicyclic) bond motifs is 1. The van der Waals surface area contributed by atoms with Gasteiger partial charge >= 0.3 is 0 Å². The van der Waals surface area contributed by atoms with Crippen molar-refractivity contribution in [1.29, 1.82) is 0 Å². The summed E-state index contributed by atoms with van der Waals surface area (Å²) in [5.41, 5.74) is 7.05. The van der Waals surface area contributed by atoms with E-state index >= 15 is 0 Å². The van der Waals surface area contributed by atoms with Gasteiger partial charge < -0.3 is 11.1 Å². The molecule has 2 heterocycles. The first-order valence-electron chi connectivity index (χ1n) is 8.90. The van der Waals surface area contributed by atoms with Gasteiger partial charge in [0, 0.05) is 22.4 Å². The molecule has 3 N–H and O–H groups in total. The Balaban J connectivity index is 1.63. The number of amidine groups is 1. The lowest BCUT2D eigenvalue weighted by atomic mass is 9.89. The molecule has 7 heteroatoms. The maximum Gasteiger partial charge on any atom is 0.274 e. The van der Waals surface area contributed by atoms with Crippen LogP contribution in [-0.4, -0.2) is 21.8 Å². The lowest BCUT2D eigenvalue weighted by molar-refractivity contribution is 0.102. The fraction of sp³-hybridized carbons (Fsp3) is 0.190. The van der Waals surface area contributed by atoms with Crippen LogP contribution in [-0.2, 0) is 5.54 Å². The number of hydrogen-bond donors (Lipinski definition) is 2. The fourth-order valence-electron chi connectivity index (χ4n) is 3.28. The largest absolute Gasteiger partial charge is 0.379 e. The van der Waals surface area contributed by atoms with Gasteiger partial charge in [0.25, 0.3) is 5.91 Å². The normalized spacial score (nSPS) is 19.3. The van der Waals surface area contributed by atoms with E-state index in [-0.39, 0.29) is 11.7 Å². The third-order valence-electron chi connectivity index (χ3n) is 4.83. The number of thioether (sulfide) groups is 1. The monoisotopic (exact) mass is 394 g/mol. The molecule has 1 aliphatic heterocycles. The number of rotatable bonds is 3. The van der Waals surface area contributed by atoms with Crippen LogP contribution < -0.4 is 11.1 Å². The van der Waals surface area contributed by atoms with Gasteiger partial charge in [-0.15, -0.1) is 0 Å². The Morgan fingerprint density at radius 3 is 2.86 bits per heavy atom. The van der Waals surface area contributed by atoms with Gasteiger partial charge in [0.05, 0.1) is 11.1 Å². The molecule has 3 aromatic rings. The summed E-state index contributed by atoms with van der Waals surface area (Å²) in [6, 6.07) is 15.6. The number of hydrogen-bond acceptors (Lipinski definition) is 5. The smallest absolute Gasteiger partial charge is 0.274 e. The average molecular weight is 394 g/mol. The van der Waals surface area contributed by atoms with Crippen molar-refractivity contribution in [2.75, 3.05) is 11.1 Å². The van der Waals surface area contributed by atoms with Gasteiger partial charge in [0.2, 0.25) is 0 Å². The number of carbonyl (C=O) groups is 1. The molecule has 1 atom stereocenters. The van der Waals surface area contributed by atoms with Gasteiger partial charge in [-0.2, -0.15) is 0 Å². The van der Waals surface area contributed by atoms with E-state index in [0.29, 0.717) is 28.5 Å². The van der Waals surface area contributed by atoms with Gasteiger partial charge in [0.15, 0.2) is 5.17 Å². The molecule has 28 heavy (non-hydrogen) atoms. The zero-order valence-corrected chi connectivity index (χ0v) is 16.1. The van der Waals surface area contributed by atoms with Crippen molar-refractivity contribution in [2.45, 2.75) is 18.9 Å². The predicted octanol–water partition coefficient (Wildman–Crippen LogP) is 4.29. The van der Waals surface area contributed by atoms with Gasteiger partial charge in [-0.25, -0.2) is 9.37 Å². The summed E-state index contributed by atoms with van der Waals surface area (Å²) in [5, 5.41) is 4.21. The Morgan fingerprint density at radius 2 is 2.04 bits per heavy atom. The van der Waals surface area contributed by atoms with Crippen LogP contribution in [0.15, 0.2) is 59.6 Å². The van der Waals surface area contributed by atoms with E-state index in [1.165, 1.54) is 23.9 Å². The van der Waals surface area contributed by atoms with Gasteiger partial charge in [-0.3, -0.25) is 9.79 Å². The lowest BCUT2D eigenvalue weighted by Gasteiger charge is -2.30. The fourth-order valence-corrected chi connectivity index (χ4v) is 4.26. The molecule has 0 aliphatic carbocycles. The Hall–Kier alpha value is -2.93. The number of nitrogens with one attached hydrogen (secondary N) is 1. The second-order valence-corrected chi connectivity index (χ2v) is 7.98. The van der Waals surface area contributed by atoms with Crippen LogP contribution in [0, 0.1) is 5.82 Å². The number of halogens is 1. The van der Waals surface area contributed by atoms with E-state index in [1.807, 2.05) is 37.3 Å². The van der Waals surface area contributed by atoms with E-state index < -0.39 is 5.54 Å². The second kappa shape index (κ2) is 7.24. The topological polar surface area (TPSA) is 80.4 Å². The SMILES string of the molecule is CC1(c2cc(NC(=O)c3ccc4ccccc4n3)ccc2F)CCSC(N)=N1. The maximum absolute atomic E-state index is 14.5. The molecule has 0 saturated carbocycles. The molecule has 0 saturated heterocycles. The Bertz CT molecular complexity index is 1100. The van der Waals surface area contributed by atoms with Gasteiger partial charge in [0.1, 0.15) is 11.5 Å². The van der Waals surface area contributed by atoms with Crippen LogP contribution in [0.5, 0.6) is 0 Å². The van der Waals surface area contributed by atoms with Crippen LogP contribution in [0.25, 0.3) is 10.9 Å². The van der Waals surface area contributed by atoms with Crippen molar-refractivity contribution in [3.63, 3.8) is 0 Å². The predicted molar refractivity (Wildman–Crippen MR) is 112 cm³/mol. The number of nitrogens with zero attached hydrogens (tertiary/aromatic N) is 2. The first-order chi connectivity index (χ1) is 13.4. The number of aliphatic imine (C=N–C) groups is 1. The minimum Gasteiger partial charge on any atom is -0.379 e. The molecule has 1 unspecified atom stereocenters. The Labute approximate surface area is 166 Å². The molecule has 0 bridgehead atoms. The lowest BCUT2D eigenvalue weighted by Crippen LogP contribution is -2.29. The summed E-state index contributed by atoms with van der Waals surface area (Å²) in [6.45, 7) is 1.86. The van der Waals surface area contributed by atoms with E-state index in [1.54, 1.807) is 12.1 Å². The van der Waals surface area contributed by atoms with Crippen LogP contribution >= 0.6 is 11.8 Å². The number of carbonyl (C=O) groups excluding carboxylic acids is 1. The van der Waals surface area contributed by atoms with Crippen LogP contribution in [0.1, 0.15) is 29.4 Å². The summed E-state index contributed by atoms with van der Waals surface area (Å²) in [6.07, 6.45) is 0.666. The molecule has 0 radical (unpaired) electrons. The van der Waals surface area contributed by atoms with Crippen LogP contribution in [0.4, 0.5) is 10.1 Å². The first-order valence-corrected chi connectivity index (χ1v) is 9.88. The number of benzene rings is 2. The summed E-state index contributed by atoms with van der Waals surface area (Å²) < 4.78 is 14.5. The van der Waals surface area contributed by atoms with Gasteiger partial charge in [-0.05, 0) is 43.7 Å². The molecular formula is C21H19FN4OS. The van der Waals surface area contributed by atoms with E-state index in [4.69, 9.17) is 5.73 Å². The van der Waals surface area contributed by atoms with Crippen molar-refractivity contribution >= 4 is 39.4 Å². The van der Waals surface area contributed by atoms with Crippen molar-refractivity contribution < 1.29 is 9.18 Å². The molecule has 1 aliphatic rings. The molecule has 142 valence electrons. The third-order valence-corrected chi connectivity index (χ3v) is 5.63. The summed E-state index contributed by atoms with van der Waals surface area (Å²) in [7, 11) is 0. The zero-order valence-electron chi connectivity index (χ0n) is 15.3. The number of nitrogens with two attached hydrogens (primary N) is 1. The number of para-hydroxylation sites is 1. The molecule has 4 rings (SSSR count). The summed E-state index contributed by atoms with van der Waals surface area (Å²) in [4.78, 5) is 21.5. The highest BCUT2D eigenvalue weighted by molar-refractivity contribution is 8.13. The molecular weight excluding hydrogens is 375 g/mol. The summed E-state index contributed by atoms with van der Waals surface area (Å²) >= 11 is 1.46. The van der Waals surface area contributed by atoms with Crippen molar-refractivity contribution in [2.24, 2.45) is 10.7 Å². The molecule has 0 spiro atoms. The minimum absolute atomic E-state index is 0.298. The number of aromatic nitrogens is 1. The highest BCUT2D eigenvalue weighted by atomic mass is 32.2. The Morgan fingerprint density at radius 1 is 1.21 bits per heavy atom. The van der Waals surface area contributed by atoms with E-state index in [9.17, 15) is 9.18 Å². The van der Waals surface area contributed by atoms with E-state index in [0.717, 1.165) is 16.7 Å². The third kappa shape index (κ3) is 3.57. The standard InChI is InChI=1S/C21H19FN4OS/c1-21(10-11-28-20(23)26-21)15-12-14(7-8-16(15)22)24-19(27)18-9-6-13-4-2-3-5-17(13)25-18/h2-9,12H,10-11H2,1H3,(H2,23,26)(H,24,27). The molecule has 2 aromatic carbocycles. The summed E-state index contributed by atoms with van der Waals surface area (Å²) in [5.74, 6) is 0.0477. The van der Waals surface area contributed by atoms with Crippen LogP contribution in [0.3, 0.4) is 0 Å². The minimum atomic E-state index is -0.749. The van der Waals surface area contributed by atoms with Crippen molar-refractivity contribution in [3.8, 4) is 0 Å². The van der Waals surface area contributed by atoms with E-state index in [2.05, 4.69) is 15.3 Å². The molecule has 0 fully saturated rings. The molecule has 1 amide bonds. The van der Waals surface area contributed by atoms with Gasteiger partial charge in [-0.1, -0.05) is 36.0 Å². The quantitative estimate of drug-likeness (QED) is 0.694. The van der Waals surface area contributed by atoms with Crippen molar-refractivity contribution in [1.82, 2.24) is 4.98 Å².